The van der Waals surface area contributed by atoms with Crippen LogP contribution in [-0.2, 0) is 10.0 Å². The summed E-state index contributed by atoms with van der Waals surface area (Å²) in [5.41, 5.74) is 0.835. The highest BCUT2D eigenvalue weighted by Gasteiger charge is 2.34. The average Bonchev–Trinajstić information content (AvgIpc) is 3.37. The van der Waals surface area contributed by atoms with Crippen LogP contribution in [0, 0.1) is 23.2 Å². The summed E-state index contributed by atoms with van der Waals surface area (Å²) in [6, 6.07) is 4.51. The molecule has 9 heteroatoms. The van der Waals surface area contributed by atoms with Crippen LogP contribution in [0.2, 0.25) is 0 Å². The molecule has 2 aromatic heterocycles. The number of nitriles is 1. The molecule has 2 fully saturated rings. The van der Waals surface area contributed by atoms with Gasteiger partial charge in [0.05, 0.1) is 17.2 Å². The van der Waals surface area contributed by atoms with E-state index in [1.807, 2.05) is 12.3 Å². The quantitative estimate of drug-likeness (QED) is 0.776. The van der Waals surface area contributed by atoms with E-state index in [-0.39, 0.29) is 17.6 Å². The molecule has 2 aliphatic rings. The molecule has 3 heterocycles. The number of H-pyrrole nitrogens is 1. The molecule has 4 rings (SSSR count). The fourth-order valence-corrected chi connectivity index (χ4v) is 6.72. The Bertz CT molecular complexity index is 990. The Morgan fingerprint density at radius 1 is 1.24 bits per heavy atom. The molecule has 8 nitrogen and oxygen atoms in total. The number of hydrogen-bond acceptors (Lipinski definition) is 6. The molecule has 0 bridgehead atoms. The Morgan fingerprint density at radius 3 is 2.79 bits per heavy atom. The van der Waals surface area contributed by atoms with Gasteiger partial charge in [0, 0.05) is 38.8 Å². The molecule has 0 unspecified atom stereocenters. The Labute approximate surface area is 172 Å². The van der Waals surface area contributed by atoms with Gasteiger partial charge in [-0.05, 0) is 50.0 Å². The first-order valence-electron chi connectivity index (χ1n) is 10.3. The molecule has 0 spiro atoms. The maximum Gasteiger partial charge on any atom is 0.214 e. The van der Waals surface area contributed by atoms with E-state index in [1.54, 1.807) is 10.6 Å². The third-order valence-corrected chi connectivity index (χ3v) is 8.51. The third kappa shape index (κ3) is 4.23. The first-order chi connectivity index (χ1) is 14.0. The summed E-state index contributed by atoms with van der Waals surface area (Å²) in [5.74, 6) is 1.56. The van der Waals surface area contributed by atoms with Crippen molar-refractivity contribution in [1.82, 2.24) is 19.3 Å². The zero-order chi connectivity index (χ0) is 20.4. The number of rotatable bonds is 6. The Kier molecular flexibility index (Phi) is 5.74. The Hall–Kier alpha value is -2.18. The highest BCUT2D eigenvalue weighted by atomic mass is 32.2. The maximum atomic E-state index is 12.8. The van der Waals surface area contributed by atoms with Crippen LogP contribution in [-0.4, -0.2) is 59.6 Å². The second-order valence-corrected chi connectivity index (χ2v) is 10.4. The van der Waals surface area contributed by atoms with E-state index in [1.165, 1.54) is 0 Å². The van der Waals surface area contributed by atoms with Crippen molar-refractivity contribution in [2.24, 2.45) is 11.8 Å². The normalized spacial score (nSPS) is 25.9. The zero-order valence-electron chi connectivity index (χ0n) is 16.8. The molecule has 0 aromatic carbocycles. The highest BCUT2D eigenvalue weighted by Crippen LogP contribution is 2.33. The SMILES string of the molecule is CN(c1ncnc2[nH]ccc12)C1CCC(CS(=O)(=O)N2CC[C@H](CC#N)C2)CC1. The number of nitrogens with one attached hydrogen (secondary N) is 1. The summed E-state index contributed by atoms with van der Waals surface area (Å²) in [6.45, 7) is 1.07. The summed E-state index contributed by atoms with van der Waals surface area (Å²) < 4.78 is 27.2. The fourth-order valence-electron chi connectivity index (χ4n) is 4.76. The number of anilines is 1. The lowest BCUT2D eigenvalue weighted by Crippen LogP contribution is -2.39. The van der Waals surface area contributed by atoms with Crippen molar-refractivity contribution in [3.63, 3.8) is 0 Å². The molecule has 1 aliphatic carbocycles. The van der Waals surface area contributed by atoms with Gasteiger partial charge >= 0.3 is 0 Å². The molecule has 29 heavy (non-hydrogen) atoms. The third-order valence-electron chi connectivity index (χ3n) is 6.50. The van der Waals surface area contributed by atoms with Crippen LogP contribution in [0.1, 0.15) is 38.5 Å². The number of nitrogens with zero attached hydrogens (tertiary/aromatic N) is 5. The number of hydrogen-bond donors (Lipinski definition) is 1. The van der Waals surface area contributed by atoms with Crippen molar-refractivity contribution >= 4 is 26.9 Å². The van der Waals surface area contributed by atoms with Crippen LogP contribution < -0.4 is 4.90 Å². The Morgan fingerprint density at radius 2 is 2.03 bits per heavy atom. The van der Waals surface area contributed by atoms with Gasteiger partial charge in [0.2, 0.25) is 10.0 Å². The lowest BCUT2D eigenvalue weighted by molar-refractivity contribution is 0.335. The van der Waals surface area contributed by atoms with E-state index in [0.29, 0.717) is 25.6 Å². The molecule has 2 aromatic rings. The molecule has 1 saturated carbocycles. The molecule has 156 valence electrons. The van der Waals surface area contributed by atoms with E-state index < -0.39 is 10.0 Å². The first-order valence-corrected chi connectivity index (χ1v) is 11.9. The average molecular weight is 417 g/mol. The van der Waals surface area contributed by atoms with Gasteiger partial charge in [0.1, 0.15) is 17.8 Å². The lowest BCUT2D eigenvalue weighted by atomic mass is 9.86. The second-order valence-electron chi connectivity index (χ2n) is 8.38. The molecular formula is C20H28N6O2S. The van der Waals surface area contributed by atoms with Crippen molar-refractivity contribution < 1.29 is 8.42 Å². The fraction of sp³-hybridized carbons (Fsp3) is 0.650. The van der Waals surface area contributed by atoms with E-state index in [4.69, 9.17) is 5.26 Å². The summed E-state index contributed by atoms with van der Waals surface area (Å²) in [7, 11) is -1.17. The summed E-state index contributed by atoms with van der Waals surface area (Å²) in [4.78, 5) is 14.1. The maximum absolute atomic E-state index is 12.8. The molecule has 1 saturated heterocycles. The molecule has 0 amide bonds. The monoisotopic (exact) mass is 416 g/mol. The van der Waals surface area contributed by atoms with E-state index in [2.05, 4.69) is 33.0 Å². The van der Waals surface area contributed by atoms with Crippen molar-refractivity contribution in [3.8, 4) is 6.07 Å². The minimum atomic E-state index is -3.24. The number of aromatic nitrogens is 3. The van der Waals surface area contributed by atoms with Crippen molar-refractivity contribution in [3.05, 3.63) is 18.6 Å². The van der Waals surface area contributed by atoms with E-state index >= 15 is 0 Å². The van der Waals surface area contributed by atoms with E-state index in [9.17, 15) is 8.42 Å². The molecular weight excluding hydrogens is 388 g/mol. The molecule has 1 atom stereocenters. The largest absolute Gasteiger partial charge is 0.356 e. The first kappa shape index (κ1) is 20.1. The number of aromatic amines is 1. The van der Waals surface area contributed by atoms with Crippen molar-refractivity contribution in [1.29, 1.82) is 5.26 Å². The molecule has 1 aliphatic heterocycles. The number of sulfonamides is 1. The van der Waals surface area contributed by atoms with Gasteiger partial charge in [0.25, 0.3) is 0 Å². The van der Waals surface area contributed by atoms with Gasteiger partial charge in [-0.15, -0.1) is 0 Å². The van der Waals surface area contributed by atoms with Crippen LogP contribution in [0.5, 0.6) is 0 Å². The number of fused-ring (bicyclic) bond motifs is 1. The zero-order valence-corrected chi connectivity index (χ0v) is 17.6. The van der Waals surface area contributed by atoms with E-state index in [0.717, 1.165) is 49.0 Å². The second kappa shape index (κ2) is 8.28. The lowest BCUT2D eigenvalue weighted by Gasteiger charge is -2.35. The van der Waals surface area contributed by atoms with Gasteiger partial charge in [-0.3, -0.25) is 0 Å². The van der Waals surface area contributed by atoms with Gasteiger partial charge in [0.15, 0.2) is 0 Å². The van der Waals surface area contributed by atoms with Crippen LogP contribution in [0.4, 0.5) is 5.82 Å². The standard InChI is InChI=1S/C20H28N6O2S/c1-25(20-18-7-10-22-19(18)23-14-24-20)17-4-2-16(3-5-17)13-29(27,28)26-11-8-15(12-26)6-9-21/h7,10,14-17H,2-6,8,11-13H2,1H3,(H,22,23,24)/t15-,16?,17?/m0/s1. The Balaban J connectivity index is 1.34. The minimum Gasteiger partial charge on any atom is -0.356 e. The van der Waals surface area contributed by atoms with Crippen molar-refractivity contribution in [2.45, 2.75) is 44.6 Å². The van der Waals surface area contributed by atoms with Gasteiger partial charge < -0.3 is 9.88 Å². The minimum absolute atomic E-state index is 0.192. The van der Waals surface area contributed by atoms with Crippen LogP contribution >= 0.6 is 0 Å². The summed E-state index contributed by atoms with van der Waals surface area (Å²) >= 11 is 0. The summed E-state index contributed by atoms with van der Waals surface area (Å²) in [6.07, 6.45) is 8.44. The predicted octanol–water partition coefficient (Wildman–Crippen LogP) is 2.52. The topological polar surface area (TPSA) is 106 Å². The molecule has 0 radical (unpaired) electrons. The van der Waals surface area contributed by atoms with Crippen molar-refractivity contribution in [2.75, 3.05) is 30.8 Å². The summed E-state index contributed by atoms with van der Waals surface area (Å²) in [5, 5.41) is 9.86. The smallest absolute Gasteiger partial charge is 0.214 e. The van der Waals surface area contributed by atoms with Gasteiger partial charge in [-0.1, -0.05) is 0 Å². The van der Waals surface area contributed by atoms with Crippen LogP contribution in [0.3, 0.4) is 0 Å². The molecule has 1 N–H and O–H groups in total. The van der Waals surface area contributed by atoms with Gasteiger partial charge in [-0.25, -0.2) is 22.7 Å². The van der Waals surface area contributed by atoms with Crippen LogP contribution in [0.25, 0.3) is 11.0 Å². The van der Waals surface area contributed by atoms with Crippen LogP contribution in [0.15, 0.2) is 18.6 Å². The van der Waals surface area contributed by atoms with Gasteiger partial charge in [-0.2, -0.15) is 5.26 Å². The highest BCUT2D eigenvalue weighted by molar-refractivity contribution is 7.89. The predicted molar refractivity (Wildman–Crippen MR) is 112 cm³/mol.